The van der Waals surface area contributed by atoms with Gasteiger partial charge in [-0.05, 0) is 36.7 Å². The van der Waals surface area contributed by atoms with Gasteiger partial charge in [0.1, 0.15) is 12.9 Å². The predicted molar refractivity (Wildman–Crippen MR) is 78.7 cm³/mol. The highest BCUT2D eigenvalue weighted by Crippen LogP contribution is 2.51. The molecule has 1 heterocycles. The molecule has 0 radical (unpaired) electrons. The number of hydrogen-bond acceptors (Lipinski definition) is 3. The number of piperidine rings is 1. The zero-order valence-electron chi connectivity index (χ0n) is 12.2. The van der Waals surface area contributed by atoms with E-state index in [4.69, 9.17) is 4.74 Å². The minimum absolute atomic E-state index is 0.222. The number of amides is 1. The molecule has 4 nitrogen and oxygen atoms in total. The number of rotatable bonds is 3. The van der Waals surface area contributed by atoms with Crippen LogP contribution in [0.15, 0.2) is 30.3 Å². The van der Waals surface area contributed by atoms with Crippen molar-refractivity contribution in [2.75, 3.05) is 13.1 Å². The zero-order chi connectivity index (χ0) is 14.7. The molecule has 1 aliphatic heterocycles. The van der Waals surface area contributed by atoms with E-state index in [-0.39, 0.29) is 12.0 Å². The van der Waals surface area contributed by atoms with Crippen LogP contribution in [0.2, 0.25) is 0 Å². The van der Waals surface area contributed by atoms with E-state index in [1.54, 1.807) is 4.90 Å². The summed E-state index contributed by atoms with van der Waals surface area (Å²) in [6, 6.07) is 9.72. The average Bonchev–Trinajstić information content (AvgIpc) is 2.51. The maximum Gasteiger partial charge on any atom is 0.410 e. The average molecular weight is 287 g/mol. The van der Waals surface area contributed by atoms with Gasteiger partial charge in [-0.1, -0.05) is 30.3 Å². The number of ether oxygens (including phenoxy) is 1. The molecule has 112 valence electrons. The lowest BCUT2D eigenvalue weighted by Crippen LogP contribution is -2.49. The summed E-state index contributed by atoms with van der Waals surface area (Å²) in [6.45, 7) is 1.83. The zero-order valence-corrected chi connectivity index (χ0v) is 12.2. The molecule has 1 saturated carbocycles. The molecule has 0 aromatic heterocycles. The van der Waals surface area contributed by atoms with E-state index in [0.717, 1.165) is 50.6 Å². The van der Waals surface area contributed by atoms with Crippen molar-refractivity contribution in [2.45, 2.75) is 32.3 Å². The van der Waals surface area contributed by atoms with E-state index in [1.165, 1.54) is 0 Å². The van der Waals surface area contributed by atoms with Crippen molar-refractivity contribution in [3.05, 3.63) is 35.9 Å². The van der Waals surface area contributed by atoms with Crippen LogP contribution in [0.5, 0.6) is 0 Å². The van der Waals surface area contributed by atoms with Crippen LogP contribution in [0, 0.1) is 11.3 Å². The third-order valence-electron chi connectivity index (χ3n) is 4.87. The smallest absolute Gasteiger partial charge is 0.410 e. The Bertz CT molecular complexity index is 498. The van der Waals surface area contributed by atoms with E-state index < -0.39 is 0 Å². The molecule has 1 aliphatic carbocycles. The number of nitrogens with zero attached hydrogens (tertiary/aromatic N) is 1. The third-order valence-corrected chi connectivity index (χ3v) is 4.87. The first-order valence-electron chi connectivity index (χ1n) is 7.62. The van der Waals surface area contributed by atoms with E-state index in [1.807, 2.05) is 30.3 Å². The van der Waals surface area contributed by atoms with Crippen molar-refractivity contribution in [1.29, 1.82) is 0 Å². The van der Waals surface area contributed by atoms with E-state index in [9.17, 15) is 9.59 Å². The topological polar surface area (TPSA) is 46.6 Å². The maximum atomic E-state index is 12.1. The molecule has 1 saturated heterocycles. The molecule has 1 amide bonds. The summed E-state index contributed by atoms with van der Waals surface area (Å²) < 4.78 is 5.36. The number of benzene rings is 1. The van der Waals surface area contributed by atoms with Crippen molar-refractivity contribution >= 4 is 12.4 Å². The molecule has 0 N–H and O–H groups in total. The van der Waals surface area contributed by atoms with E-state index in [0.29, 0.717) is 12.0 Å². The fourth-order valence-corrected chi connectivity index (χ4v) is 3.53. The van der Waals surface area contributed by atoms with Crippen LogP contribution < -0.4 is 0 Å². The minimum atomic E-state index is -0.222. The second kappa shape index (κ2) is 5.88. The Hall–Kier alpha value is -1.84. The Morgan fingerprint density at radius 1 is 1.24 bits per heavy atom. The molecule has 1 aromatic carbocycles. The van der Waals surface area contributed by atoms with Gasteiger partial charge in [0.25, 0.3) is 0 Å². The van der Waals surface area contributed by atoms with Gasteiger partial charge in [0.15, 0.2) is 0 Å². The molecule has 0 unspecified atom stereocenters. The van der Waals surface area contributed by atoms with Crippen LogP contribution >= 0.6 is 0 Å². The number of carbonyl (C=O) groups excluding carboxylic acids is 2. The third kappa shape index (κ3) is 3.09. The second-order valence-electron chi connectivity index (χ2n) is 6.33. The van der Waals surface area contributed by atoms with Crippen molar-refractivity contribution in [2.24, 2.45) is 11.3 Å². The molecule has 3 rings (SSSR count). The van der Waals surface area contributed by atoms with Gasteiger partial charge in [0, 0.05) is 19.0 Å². The first kappa shape index (κ1) is 14.1. The molecule has 1 aromatic rings. The lowest BCUT2D eigenvalue weighted by Gasteiger charge is -2.50. The highest BCUT2D eigenvalue weighted by molar-refractivity contribution is 5.67. The first-order valence-corrected chi connectivity index (χ1v) is 7.62. The van der Waals surface area contributed by atoms with Crippen LogP contribution in [0.4, 0.5) is 4.79 Å². The highest BCUT2D eigenvalue weighted by atomic mass is 16.6. The molecule has 0 bridgehead atoms. The summed E-state index contributed by atoms with van der Waals surface area (Å²) in [5.41, 5.74) is 1.33. The van der Waals surface area contributed by atoms with Crippen LogP contribution in [0.25, 0.3) is 0 Å². The summed E-state index contributed by atoms with van der Waals surface area (Å²) in [7, 11) is 0. The normalized spacial score (nSPS) is 20.9. The van der Waals surface area contributed by atoms with Crippen molar-refractivity contribution < 1.29 is 14.3 Å². The molecule has 0 atom stereocenters. The van der Waals surface area contributed by atoms with Gasteiger partial charge in [-0.25, -0.2) is 4.79 Å². The number of aldehydes is 1. The SMILES string of the molecule is O=CC1CC2(CCN(C(=O)OCc3ccccc3)CC2)C1. The van der Waals surface area contributed by atoms with Gasteiger partial charge in [0.2, 0.25) is 0 Å². The van der Waals surface area contributed by atoms with Crippen molar-refractivity contribution in [3.8, 4) is 0 Å². The van der Waals surface area contributed by atoms with Crippen LogP contribution in [0.3, 0.4) is 0 Å². The molecular formula is C17H21NO3. The first-order chi connectivity index (χ1) is 10.2. The Labute approximate surface area is 125 Å². The van der Waals surface area contributed by atoms with E-state index >= 15 is 0 Å². The molecular weight excluding hydrogens is 266 g/mol. The Morgan fingerprint density at radius 3 is 2.52 bits per heavy atom. The fraction of sp³-hybridized carbons (Fsp3) is 0.529. The van der Waals surface area contributed by atoms with Gasteiger partial charge in [0.05, 0.1) is 0 Å². The predicted octanol–water partition coefficient (Wildman–Crippen LogP) is 3.01. The van der Waals surface area contributed by atoms with Crippen molar-refractivity contribution in [1.82, 2.24) is 4.90 Å². The summed E-state index contributed by atoms with van der Waals surface area (Å²) in [4.78, 5) is 24.6. The van der Waals surface area contributed by atoms with Crippen LogP contribution in [0.1, 0.15) is 31.2 Å². The minimum Gasteiger partial charge on any atom is -0.445 e. The highest BCUT2D eigenvalue weighted by Gasteiger charge is 2.46. The standard InChI is InChI=1S/C17H21NO3/c19-12-15-10-17(11-15)6-8-18(9-7-17)16(20)21-13-14-4-2-1-3-5-14/h1-5,12,15H,6-11,13H2. The Morgan fingerprint density at radius 2 is 1.90 bits per heavy atom. The molecule has 1 spiro atoms. The number of likely N-dealkylation sites (tertiary alicyclic amines) is 1. The quantitative estimate of drug-likeness (QED) is 0.803. The van der Waals surface area contributed by atoms with E-state index in [2.05, 4.69) is 0 Å². The molecule has 4 heteroatoms. The van der Waals surface area contributed by atoms with Gasteiger partial charge in [-0.3, -0.25) is 0 Å². The fourth-order valence-electron chi connectivity index (χ4n) is 3.53. The second-order valence-corrected chi connectivity index (χ2v) is 6.33. The number of hydrogen-bond donors (Lipinski definition) is 0. The molecule has 2 aliphatic rings. The lowest BCUT2D eigenvalue weighted by atomic mass is 9.58. The van der Waals surface area contributed by atoms with Gasteiger partial charge >= 0.3 is 6.09 Å². The monoisotopic (exact) mass is 287 g/mol. The Balaban J connectivity index is 1.44. The molecule has 2 fully saturated rings. The van der Waals surface area contributed by atoms with Gasteiger partial charge in [-0.15, -0.1) is 0 Å². The lowest BCUT2D eigenvalue weighted by molar-refractivity contribution is -0.120. The van der Waals surface area contributed by atoms with Gasteiger partial charge in [-0.2, -0.15) is 0 Å². The largest absolute Gasteiger partial charge is 0.445 e. The summed E-state index contributed by atoms with van der Waals surface area (Å²) in [6.07, 6.45) is 4.86. The summed E-state index contributed by atoms with van der Waals surface area (Å²) in [5.74, 6) is 0.251. The van der Waals surface area contributed by atoms with Crippen molar-refractivity contribution in [3.63, 3.8) is 0 Å². The molecule has 21 heavy (non-hydrogen) atoms. The Kier molecular flexibility index (Phi) is 3.95. The summed E-state index contributed by atoms with van der Waals surface area (Å²) in [5, 5.41) is 0. The van der Waals surface area contributed by atoms with Gasteiger partial charge < -0.3 is 14.4 Å². The van der Waals surface area contributed by atoms with Crippen LogP contribution in [-0.2, 0) is 16.1 Å². The summed E-state index contributed by atoms with van der Waals surface area (Å²) >= 11 is 0. The maximum absolute atomic E-state index is 12.1. The van der Waals surface area contributed by atoms with Crippen LogP contribution in [-0.4, -0.2) is 30.4 Å². The number of carbonyl (C=O) groups is 2.